The zero-order chi connectivity index (χ0) is 20.6. The molecule has 0 radical (unpaired) electrons. The van der Waals surface area contributed by atoms with Crippen molar-refractivity contribution in [2.75, 3.05) is 44.7 Å². The molecule has 0 bridgehead atoms. The van der Waals surface area contributed by atoms with Gasteiger partial charge in [0.2, 0.25) is 0 Å². The summed E-state index contributed by atoms with van der Waals surface area (Å²) in [5, 5.41) is 3.16. The van der Waals surface area contributed by atoms with E-state index in [0.717, 1.165) is 24.5 Å². The third-order valence-corrected chi connectivity index (χ3v) is 5.39. The molecule has 0 aliphatic carbocycles. The van der Waals surface area contributed by atoms with Crippen LogP contribution in [0.5, 0.6) is 5.75 Å². The molecule has 29 heavy (non-hydrogen) atoms. The minimum atomic E-state index is -1.16. The van der Waals surface area contributed by atoms with Gasteiger partial charge in [0, 0.05) is 38.2 Å². The van der Waals surface area contributed by atoms with Crippen molar-refractivity contribution in [3.63, 3.8) is 0 Å². The van der Waals surface area contributed by atoms with Gasteiger partial charge in [0.25, 0.3) is 0 Å². The lowest BCUT2D eigenvalue weighted by Crippen LogP contribution is -2.51. The molecule has 3 rings (SSSR count). The number of methoxy groups -OCH3 is 1. The van der Waals surface area contributed by atoms with Crippen LogP contribution in [0.3, 0.4) is 0 Å². The van der Waals surface area contributed by atoms with Gasteiger partial charge < -0.3 is 15.0 Å². The molecule has 2 aromatic carbocycles. The van der Waals surface area contributed by atoms with Gasteiger partial charge in [-0.1, -0.05) is 49.4 Å². The summed E-state index contributed by atoms with van der Waals surface area (Å²) >= 11 is 0. The highest BCUT2D eigenvalue weighted by molar-refractivity contribution is 6.00. The van der Waals surface area contributed by atoms with Gasteiger partial charge in [0.05, 0.1) is 18.8 Å². The van der Waals surface area contributed by atoms with Crippen molar-refractivity contribution < 1.29 is 13.9 Å². The Kier molecular flexibility index (Phi) is 7.61. The fraction of sp³-hybridized carbons (Fsp3) is 0.435. The third kappa shape index (κ3) is 5.34. The summed E-state index contributed by atoms with van der Waals surface area (Å²) < 4.78 is 20.5. The number of Topliss-reactive ketones (excluding diaryl/α,β-unsaturated/α-hetero) is 1. The van der Waals surface area contributed by atoms with E-state index < -0.39 is 12.3 Å². The number of benzene rings is 2. The van der Waals surface area contributed by atoms with E-state index in [1.807, 2.05) is 54.3 Å². The number of ketones is 1. The number of piperazine rings is 1. The molecule has 0 spiro atoms. The Morgan fingerprint density at radius 1 is 1.07 bits per heavy atom. The molecule has 2 atom stereocenters. The second-order valence-corrected chi connectivity index (χ2v) is 7.21. The lowest BCUT2D eigenvalue weighted by molar-refractivity contribution is 0.0557. The van der Waals surface area contributed by atoms with Crippen molar-refractivity contribution >= 4 is 11.5 Å². The first-order valence-corrected chi connectivity index (χ1v) is 10.2. The fourth-order valence-corrected chi connectivity index (χ4v) is 3.81. The van der Waals surface area contributed by atoms with Crippen LogP contribution in [0, 0.1) is 0 Å². The second-order valence-electron chi connectivity index (χ2n) is 7.21. The van der Waals surface area contributed by atoms with Gasteiger partial charge in [-0.05, 0) is 18.7 Å². The first kappa shape index (κ1) is 21.3. The van der Waals surface area contributed by atoms with Crippen LogP contribution in [0.4, 0.5) is 10.1 Å². The number of anilines is 1. The van der Waals surface area contributed by atoms with Gasteiger partial charge in [0.1, 0.15) is 5.75 Å². The van der Waals surface area contributed by atoms with E-state index in [1.54, 1.807) is 19.2 Å². The maximum Gasteiger partial charge on any atom is 0.179 e. The molecule has 1 saturated heterocycles. The van der Waals surface area contributed by atoms with Crippen LogP contribution in [-0.4, -0.2) is 62.9 Å². The number of para-hydroxylation sites is 2. The number of hydrogen-bond donors (Lipinski definition) is 1. The summed E-state index contributed by atoms with van der Waals surface area (Å²) in [6.45, 7) is 5.22. The Labute approximate surface area is 172 Å². The lowest BCUT2D eigenvalue weighted by atomic mass is 10.0. The monoisotopic (exact) mass is 399 g/mol. The highest BCUT2D eigenvalue weighted by Gasteiger charge is 2.29. The van der Waals surface area contributed by atoms with Gasteiger partial charge in [0.15, 0.2) is 12.1 Å². The average molecular weight is 400 g/mol. The van der Waals surface area contributed by atoms with E-state index >= 15 is 4.39 Å². The average Bonchev–Trinajstić information content (AvgIpc) is 2.79. The first-order chi connectivity index (χ1) is 14.1. The predicted octanol–water partition coefficient (Wildman–Crippen LogP) is 3.36. The van der Waals surface area contributed by atoms with E-state index in [4.69, 9.17) is 4.74 Å². The van der Waals surface area contributed by atoms with Crippen molar-refractivity contribution in [2.24, 2.45) is 0 Å². The number of nitrogens with zero attached hydrogens (tertiary/aromatic N) is 2. The van der Waals surface area contributed by atoms with Crippen LogP contribution in [0.25, 0.3) is 0 Å². The van der Waals surface area contributed by atoms with Gasteiger partial charge in [-0.15, -0.1) is 0 Å². The number of carbonyl (C=O) groups is 1. The van der Waals surface area contributed by atoms with Crippen LogP contribution >= 0.6 is 0 Å². The van der Waals surface area contributed by atoms with E-state index in [1.165, 1.54) is 0 Å². The number of nitrogens with one attached hydrogen (secondary N) is 1. The van der Waals surface area contributed by atoms with Crippen molar-refractivity contribution in [2.45, 2.75) is 25.7 Å². The largest absolute Gasteiger partial charge is 0.495 e. The topological polar surface area (TPSA) is 44.8 Å². The number of likely N-dealkylation sites (N-methyl/N-ethyl adjacent to an activating group) is 1. The minimum absolute atomic E-state index is 0.0530. The lowest BCUT2D eigenvalue weighted by Gasteiger charge is -2.38. The number of carbonyl (C=O) groups excluding carboxylic acids is 1. The maximum atomic E-state index is 15.1. The zero-order valence-electron chi connectivity index (χ0n) is 17.2. The van der Waals surface area contributed by atoms with Crippen LogP contribution in [-0.2, 0) is 0 Å². The van der Waals surface area contributed by atoms with Gasteiger partial charge in [-0.3, -0.25) is 9.69 Å². The summed E-state index contributed by atoms with van der Waals surface area (Å²) in [6, 6.07) is 16.5. The molecule has 2 aromatic rings. The number of alkyl halides is 1. The fourth-order valence-electron chi connectivity index (χ4n) is 3.81. The smallest absolute Gasteiger partial charge is 0.179 e. The highest BCUT2D eigenvalue weighted by Crippen LogP contribution is 2.29. The highest BCUT2D eigenvalue weighted by atomic mass is 19.1. The third-order valence-electron chi connectivity index (χ3n) is 5.39. The van der Waals surface area contributed by atoms with E-state index in [0.29, 0.717) is 25.2 Å². The Hall–Kier alpha value is -2.44. The summed E-state index contributed by atoms with van der Waals surface area (Å²) in [5.41, 5.74) is 1.65. The quantitative estimate of drug-likeness (QED) is 0.517. The van der Waals surface area contributed by atoms with Crippen LogP contribution < -0.4 is 15.0 Å². The number of rotatable bonds is 9. The molecular weight excluding hydrogens is 369 g/mol. The van der Waals surface area contributed by atoms with E-state index in [-0.39, 0.29) is 12.2 Å². The Balaban J connectivity index is 1.59. The molecule has 1 aliphatic heterocycles. The van der Waals surface area contributed by atoms with E-state index in [9.17, 15) is 4.79 Å². The predicted molar refractivity (Wildman–Crippen MR) is 115 cm³/mol. The van der Waals surface area contributed by atoms with Crippen molar-refractivity contribution in [3.8, 4) is 5.75 Å². The first-order valence-electron chi connectivity index (χ1n) is 10.2. The summed E-state index contributed by atoms with van der Waals surface area (Å²) in [6.07, 6.45) is -1.01. The molecule has 6 heteroatoms. The van der Waals surface area contributed by atoms with E-state index in [2.05, 4.69) is 10.2 Å². The van der Waals surface area contributed by atoms with Crippen molar-refractivity contribution in [1.82, 2.24) is 10.2 Å². The number of ether oxygens (including phenoxy) is 1. The van der Waals surface area contributed by atoms with Crippen molar-refractivity contribution in [1.29, 1.82) is 0 Å². The van der Waals surface area contributed by atoms with Gasteiger partial charge in [-0.25, -0.2) is 4.39 Å². The summed E-state index contributed by atoms with van der Waals surface area (Å²) in [4.78, 5) is 16.8. The molecular formula is C23H30FN3O2. The standard InChI is InChI=1S/C23H30FN3O2/c1-3-25-19(23(28)18-9-5-4-6-10-18)17-22(24)27-15-13-26(14-16-27)20-11-7-8-12-21(20)29-2/h4-12,19,22,25H,3,13-17H2,1-2H3. The van der Waals surface area contributed by atoms with Crippen LogP contribution in [0.1, 0.15) is 23.7 Å². The zero-order valence-corrected chi connectivity index (χ0v) is 17.2. The number of hydrogen-bond acceptors (Lipinski definition) is 5. The molecule has 1 heterocycles. The molecule has 0 amide bonds. The van der Waals surface area contributed by atoms with Crippen LogP contribution in [0.2, 0.25) is 0 Å². The Morgan fingerprint density at radius 3 is 2.38 bits per heavy atom. The summed E-state index contributed by atoms with van der Waals surface area (Å²) in [5.74, 6) is 0.779. The molecule has 156 valence electrons. The van der Waals surface area contributed by atoms with Crippen molar-refractivity contribution in [3.05, 3.63) is 60.2 Å². The number of halogens is 1. The molecule has 0 saturated carbocycles. The Morgan fingerprint density at radius 2 is 1.72 bits per heavy atom. The molecule has 1 aliphatic rings. The summed E-state index contributed by atoms with van der Waals surface area (Å²) in [7, 11) is 1.66. The molecule has 5 nitrogen and oxygen atoms in total. The second kappa shape index (κ2) is 10.4. The Bertz CT molecular complexity index is 779. The van der Waals surface area contributed by atoms with Gasteiger partial charge >= 0.3 is 0 Å². The van der Waals surface area contributed by atoms with Crippen LogP contribution in [0.15, 0.2) is 54.6 Å². The normalized spacial score (nSPS) is 17.0. The van der Waals surface area contributed by atoms with Gasteiger partial charge in [-0.2, -0.15) is 0 Å². The molecule has 0 aromatic heterocycles. The molecule has 1 fully saturated rings. The molecule has 1 N–H and O–H groups in total. The maximum absolute atomic E-state index is 15.1. The SMILES string of the molecule is CCNC(CC(F)N1CCN(c2ccccc2OC)CC1)C(=O)c1ccccc1. The molecule has 2 unspecified atom stereocenters. The minimum Gasteiger partial charge on any atom is -0.495 e.